The highest BCUT2D eigenvalue weighted by atomic mass is 16.2. The fourth-order valence-electron chi connectivity index (χ4n) is 3.61. The van der Waals surface area contributed by atoms with Gasteiger partial charge in [0.2, 0.25) is 11.8 Å². The Balaban J connectivity index is 2.18. The highest BCUT2D eigenvalue weighted by molar-refractivity contribution is 5.97. The maximum Gasteiger partial charge on any atom is 0.246 e. The molecule has 0 spiro atoms. The minimum absolute atomic E-state index is 0.0653. The average molecular weight is 280 g/mol. The molecule has 1 saturated heterocycles. The first kappa shape index (κ1) is 15.3. The zero-order valence-electron chi connectivity index (χ0n) is 12.9. The molecule has 2 amide bonds. The first-order valence-electron chi connectivity index (χ1n) is 8.31. The number of carbonyl (C=O) groups excluding carboxylic acids is 2. The van der Waals surface area contributed by atoms with E-state index in [2.05, 4.69) is 19.2 Å². The van der Waals surface area contributed by atoms with Crippen LogP contribution >= 0.6 is 0 Å². The number of amides is 2. The zero-order valence-corrected chi connectivity index (χ0v) is 12.9. The molecular formula is C16H28N2O2. The van der Waals surface area contributed by atoms with Gasteiger partial charge in [-0.15, -0.1) is 0 Å². The van der Waals surface area contributed by atoms with Gasteiger partial charge in [0.25, 0.3) is 0 Å². The molecule has 1 aliphatic carbocycles. The van der Waals surface area contributed by atoms with Crippen LogP contribution in [0.4, 0.5) is 0 Å². The van der Waals surface area contributed by atoms with Gasteiger partial charge in [0.15, 0.2) is 0 Å². The molecule has 1 saturated carbocycles. The third-order valence-corrected chi connectivity index (χ3v) is 4.62. The molecule has 0 aromatic heterocycles. The Hall–Kier alpha value is -1.06. The summed E-state index contributed by atoms with van der Waals surface area (Å²) in [4.78, 5) is 27.1. The first-order valence-corrected chi connectivity index (χ1v) is 8.31. The van der Waals surface area contributed by atoms with Gasteiger partial charge < -0.3 is 10.2 Å². The zero-order chi connectivity index (χ0) is 14.5. The monoisotopic (exact) mass is 280 g/mol. The van der Waals surface area contributed by atoms with E-state index in [0.717, 1.165) is 38.5 Å². The van der Waals surface area contributed by atoms with E-state index in [9.17, 15) is 9.59 Å². The molecule has 2 unspecified atom stereocenters. The lowest BCUT2D eigenvalue weighted by Gasteiger charge is -2.44. The van der Waals surface area contributed by atoms with E-state index < -0.39 is 0 Å². The predicted molar refractivity (Wildman–Crippen MR) is 79.3 cm³/mol. The third kappa shape index (κ3) is 3.15. The molecule has 114 valence electrons. The lowest BCUT2D eigenvalue weighted by Crippen LogP contribution is -2.65. The van der Waals surface area contributed by atoms with E-state index in [0.29, 0.717) is 6.04 Å². The van der Waals surface area contributed by atoms with Crippen LogP contribution in [-0.4, -0.2) is 34.8 Å². The number of carbonyl (C=O) groups is 2. The summed E-state index contributed by atoms with van der Waals surface area (Å²) in [5.74, 6) is 0.229. The molecule has 1 heterocycles. The van der Waals surface area contributed by atoms with Crippen molar-refractivity contribution >= 4 is 11.8 Å². The van der Waals surface area contributed by atoms with Gasteiger partial charge in [0.1, 0.15) is 12.1 Å². The second kappa shape index (κ2) is 7.09. The van der Waals surface area contributed by atoms with Crippen molar-refractivity contribution in [1.82, 2.24) is 10.2 Å². The van der Waals surface area contributed by atoms with Crippen molar-refractivity contribution in [1.29, 1.82) is 0 Å². The van der Waals surface area contributed by atoms with Crippen LogP contribution in [0.2, 0.25) is 0 Å². The summed E-state index contributed by atoms with van der Waals surface area (Å²) >= 11 is 0. The Morgan fingerprint density at radius 1 is 1.05 bits per heavy atom. The summed E-state index contributed by atoms with van der Waals surface area (Å²) in [6.45, 7) is 4.14. The predicted octanol–water partition coefficient (Wildman–Crippen LogP) is 2.61. The third-order valence-electron chi connectivity index (χ3n) is 4.62. The molecule has 1 N–H and O–H groups in total. The highest BCUT2D eigenvalue weighted by Gasteiger charge is 2.42. The summed E-state index contributed by atoms with van der Waals surface area (Å²) < 4.78 is 0. The number of nitrogens with one attached hydrogen (secondary N) is 1. The Morgan fingerprint density at radius 2 is 1.70 bits per heavy atom. The normalized spacial score (nSPS) is 28.6. The molecule has 4 heteroatoms. The summed E-state index contributed by atoms with van der Waals surface area (Å²) in [7, 11) is 0. The number of piperazine rings is 1. The average Bonchev–Trinajstić information content (AvgIpc) is 2.46. The van der Waals surface area contributed by atoms with Crippen LogP contribution in [-0.2, 0) is 9.59 Å². The van der Waals surface area contributed by atoms with Crippen LogP contribution in [0.25, 0.3) is 0 Å². The fourth-order valence-corrected chi connectivity index (χ4v) is 3.61. The molecule has 2 fully saturated rings. The van der Waals surface area contributed by atoms with E-state index in [4.69, 9.17) is 0 Å². The van der Waals surface area contributed by atoms with E-state index in [1.165, 1.54) is 19.3 Å². The van der Waals surface area contributed by atoms with Gasteiger partial charge in [-0.2, -0.15) is 0 Å². The van der Waals surface area contributed by atoms with Gasteiger partial charge >= 0.3 is 0 Å². The van der Waals surface area contributed by atoms with Crippen molar-refractivity contribution < 1.29 is 9.59 Å². The maximum atomic E-state index is 12.8. The Labute approximate surface area is 122 Å². The van der Waals surface area contributed by atoms with E-state index in [1.807, 2.05) is 4.90 Å². The van der Waals surface area contributed by atoms with Crippen LogP contribution in [0.15, 0.2) is 0 Å². The van der Waals surface area contributed by atoms with E-state index >= 15 is 0 Å². The number of hydrogen-bond acceptors (Lipinski definition) is 2. The minimum atomic E-state index is -0.289. The van der Waals surface area contributed by atoms with E-state index in [1.54, 1.807) is 0 Å². The van der Waals surface area contributed by atoms with Crippen molar-refractivity contribution in [2.75, 3.05) is 0 Å². The van der Waals surface area contributed by atoms with Crippen LogP contribution in [0.3, 0.4) is 0 Å². The van der Waals surface area contributed by atoms with Crippen molar-refractivity contribution in [3.05, 3.63) is 0 Å². The first-order chi connectivity index (χ1) is 9.69. The molecule has 2 aliphatic rings. The van der Waals surface area contributed by atoms with Gasteiger partial charge in [-0.1, -0.05) is 46.0 Å². The molecule has 0 aromatic carbocycles. The van der Waals surface area contributed by atoms with Crippen LogP contribution in [0, 0.1) is 0 Å². The minimum Gasteiger partial charge on any atom is -0.343 e. The summed E-state index contributed by atoms with van der Waals surface area (Å²) in [6.07, 6.45) is 9.18. The molecule has 4 nitrogen and oxygen atoms in total. The number of hydrogen-bond donors (Lipinski definition) is 1. The van der Waals surface area contributed by atoms with Gasteiger partial charge in [-0.3, -0.25) is 9.59 Å². The van der Waals surface area contributed by atoms with Crippen LogP contribution in [0.1, 0.15) is 71.6 Å². The lowest BCUT2D eigenvalue weighted by atomic mass is 9.90. The van der Waals surface area contributed by atoms with Gasteiger partial charge in [0, 0.05) is 6.04 Å². The number of rotatable bonds is 5. The van der Waals surface area contributed by atoms with Crippen molar-refractivity contribution in [3.63, 3.8) is 0 Å². The van der Waals surface area contributed by atoms with Crippen molar-refractivity contribution in [3.8, 4) is 0 Å². The topological polar surface area (TPSA) is 49.4 Å². The second-order valence-corrected chi connectivity index (χ2v) is 6.19. The van der Waals surface area contributed by atoms with Gasteiger partial charge in [0.05, 0.1) is 0 Å². The summed E-state index contributed by atoms with van der Waals surface area (Å²) in [6, 6.07) is -0.232. The molecule has 2 atom stereocenters. The molecule has 0 aromatic rings. The molecule has 0 bridgehead atoms. The Kier molecular flexibility index (Phi) is 5.44. The fraction of sp³-hybridized carbons (Fsp3) is 0.875. The molecule has 2 rings (SSSR count). The highest BCUT2D eigenvalue weighted by Crippen LogP contribution is 2.28. The van der Waals surface area contributed by atoms with Crippen molar-refractivity contribution in [2.45, 2.75) is 89.8 Å². The van der Waals surface area contributed by atoms with E-state index in [-0.39, 0.29) is 23.9 Å². The molecular weight excluding hydrogens is 252 g/mol. The van der Waals surface area contributed by atoms with Crippen LogP contribution < -0.4 is 5.32 Å². The number of nitrogens with zero attached hydrogens (tertiary/aromatic N) is 1. The summed E-state index contributed by atoms with van der Waals surface area (Å²) in [5, 5.41) is 2.94. The van der Waals surface area contributed by atoms with Gasteiger partial charge in [-0.05, 0) is 25.7 Å². The molecule has 20 heavy (non-hydrogen) atoms. The van der Waals surface area contributed by atoms with Gasteiger partial charge in [-0.25, -0.2) is 0 Å². The van der Waals surface area contributed by atoms with Crippen LogP contribution in [0.5, 0.6) is 0 Å². The molecule has 1 aliphatic heterocycles. The Bertz CT molecular complexity index is 350. The quantitative estimate of drug-likeness (QED) is 0.841. The smallest absolute Gasteiger partial charge is 0.246 e. The largest absolute Gasteiger partial charge is 0.343 e. The maximum absolute atomic E-state index is 12.8. The molecule has 0 radical (unpaired) electrons. The Morgan fingerprint density at radius 3 is 2.30 bits per heavy atom. The summed E-state index contributed by atoms with van der Waals surface area (Å²) in [5.41, 5.74) is 0. The lowest BCUT2D eigenvalue weighted by molar-refractivity contribution is -0.153. The second-order valence-electron chi connectivity index (χ2n) is 6.19. The van der Waals surface area contributed by atoms with Crippen molar-refractivity contribution in [2.24, 2.45) is 0 Å². The standard InChI is InChI=1S/C16H28N2O2/c1-3-8-13-16(20)18(12-10-6-5-7-11-12)14(9-4-2)15(19)17-13/h12-14H,3-11H2,1-2H3,(H,17,19). The SMILES string of the molecule is CCCC1NC(=O)C(CCC)N(C2CCCCC2)C1=O.